The van der Waals surface area contributed by atoms with Crippen LogP contribution < -0.4 is 20.3 Å². The quantitative estimate of drug-likeness (QED) is 0.314. The van der Waals surface area contributed by atoms with E-state index in [-0.39, 0.29) is 5.56 Å². The van der Waals surface area contributed by atoms with E-state index < -0.39 is 0 Å². The minimum Gasteiger partial charge on any atom is -0.494 e. The summed E-state index contributed by atoms with van der Waals surface area (Å²) in [5, 5.41) is 4.07. The van der Waals surface area contributed by atoms with Gasteiger partial charge in [-0.05, 0) is 69.5 Å². The van der Waals surface area contributed by atoms with Crippen LogP contribution in [0.2, 0.25) is 0 Å². The third-order valence-corrected chi connectivity index (χ3v) is 5.87. The fourth-order valence-corrected chi connectivity index (χ4v) is 4.16. The zero-order valence-corrected chi connectivity index (χ0v) is 21.6. The van der Waals surface area contributed by atoms with Crippen LogP contribution >= 0.6 is 0 Å². The van der Waals surface area contributed by atoms with E-state index in [4.69, 9.17) is 14.5 Å². The first kappa shape index (κ1) is 25.2. The fraction of sp³-hybridized carbons (Fsp3) is 0.357. The van der Waals surface area contributed by atoms with Crippen molar-refractivity contribution in [1.82, 2.24) is 19.5 Å². The normalized spacial score (nSPS) is 11.0. The van der Waals surface area contributed by atoms with Crippen LogP contribution in [0, 0.1) is 0 Å². The van der Waals surface area contributed by atoms with Gasteiger partial charge in [0, 0.05) is 46.8 Å². The lowest BCUT2D eigenvalue weighted by atomic mass is 10.1. The Balaban J connectivity index is 1.79. The summed E-state index contributed by atoms with van der Waals surface area (Å²) >= 11 is 0. The summed E-state index contributed by atoms with van der Waals surface area (Å²) < 4.78 is 13.1. The van der Waals surface area contributed by atoms with E-state index in [2.05, 4.69) is 29.1 Å². The molecule has 0 amide bonds. The highest BCUT2D eigenvalue weighted by molar-refractivity contribution is 5.82. The third-order valence-electron chi connectivity index (χ3n) is 5.87. The van der Waals surface area contributed by atoms with Gasteiger partial charge in [0.15, 0.2) is 0 Å². The molecule has 0 bridgehead atoms. The first-order chi connectivity index (χ1) is 17.5. The minimum absolute atomic E-state index is 0.129. The Morgan fingerprint density at radius 2 is 1.47 bits per heavy atom. The molecule has 36 heavy (non-hydrogen) atoms. The van der Waals surface area contributed by atoms with E-state index in [1.54, 1.807) is 10.8 Å². The Morgan fingerprint density at radius 1 is 0.833 bits per heavy atom. The van der Waals surface area contributed by atoms with Crippen molar-refractivity contribution in [2.75, 3.05) is 18.5 Å². The molecule has 0 unspecified atom stereocenters. The van der Waals surface area contributed by atoms with Gasteiger partial charge in [0.1, 0.15) is 17.1 Å². The third kappa shape index (κ3) is 5.32. The summed E-state index contributed by atoms with van der Waals surface area (Å²) in [4.78, 5) is 27.5. The Bertz CT molecular complexity index is 1380. The van der Waals surface area contributed by atoms with Gasteiger partial charge in [-0.15, -0.1) is 0 Å². The largest absolute Gasteiger partial charge is 0.494 e. The lowest BCUT2D eigenvalue weighted by Gasteiger charge is -2.14. The summed E-state index contributed by atoms with van der Waals surface area (Å²) in [5.74, 6) is 1.75. The molecule has 0 saturated carbocycles. The van der Waals surface area contributed by atoms with Crippen molar-refractivity contribution >= 4 is 22.7 Å². The molecule has 0 saturated heterocycles. The molecule has 0 radical (unpaired) electrons. The monoisotopic (exact) mass is 487 g/mol. The molecular formula is C28H33N5O3. The predicted molar refractivity (Wildman–Crippen MR) is 144 cm³/mol. The number of nitrogens with zero attached hydrogens (tertiary/aromatic N) is 4. The zero-order chi connectivity index (χ0) is 25.7. The van der Waals surface area contributed by atoms with Gasteiger partial charge in [-0.25, -0.2) is 4.98 Å². The zero-order valence-electron chi connectivity index (χ0n) is 21.6. The maximum atomic E-state index is 13.6. The van der Waals surface area contributed by atoms with E-state index in [0.717, 1.165) is 40.9 Å². The Kier molecular flexibility index (Phi) is 7.83. The van der Waals surface area contributed by atoms with Gasteiger partial charge in [0.05, 0.1) is 13.2 Å². The van der Waals surface area contributed by atoms with Crippen molar-refractivity contribution in [2.45, 2.75) is 54.0 Å². The van der Waals surface area contributed by atoms with Crippen molar-refractivity contribution in [2.24, 2.45) is 0 Å². The van der Waals surface area contributed by atoms with Gasteiger partial charge in [-0.1, -0.05) is 13.8 Å². The first-order valence-corrected chi connectivity index (χ1v) is 12.6. The topological polar surface area (TPSA) is 91.2 Å². The molecule has 0 atom stereocenters. The number of ether oxygens (including phenoxy) is 2. The number of aromatic nitrogens is 4. The summed E-state index contributed by atoms with van der Waals surface area (Å²) in [5.41, 5.74) is 4.63. The second-order valence-electron chi connectivity index (χ2n) is 8.31. The average Bonchev–Trinajstić information content (AvgIpc) is 2.88. The standard InChI is InChI=1S/C28H33N5O3/c1-6-20-14-22(15-21(7-2)30-20)31-28-29-17-19-13-25(27(34)33(8-3)26(19)32-28)18-11-23(35-9-4)16-24(12-18)36-10-5/h11-17H,6-10H2,1-5H3,(H,29,30,31,32). The van der Waals surface area contributed by atoms with Crippen LogP contribution in [0.4, 0.5) is 11.6 Å². The number of hydrogen-bond acceptors (Lipinski definition) is 7. The maximum Gasteiger partial charge on any atom is 0.260 e. The van der Waals surface area contributed by atoms with E-state index in [1.165, 1.54) is 0 Å². The van der Waals surface area contributed by atoms with Crippen molar-refractivity contribution < 1.29 is 9.47 Å². The molecule has 3 heterocycles. The number of rotatable bonds is 10. The maximum absolute atomic E-state index is 13.6. The number of aryl methyl sites for hydroxylation is 3. The van der Waals surface area contributed by atoms with Crippen molar-refractivity contribution in [3.63, 3.8) is 0 Å². The van der Waals surface area contributed by atoms with Gasteiger partial charge in [-0.2, -0.15) is 4.98 Å². The molecule has 0 aliphatic carbocycles. The number of nitrogens with one attached hydrogen (secondary N) is 1. The van der Waals surface area contributed by atoms with Crippen LogP contribution in [0.3, 0.4) is 0 Å². The molecule has 1 N–H and O–H groups in total. The molecule has 1 aromatic carbocycles. The van der Waals surface area contributed by atoms with Gasteiger partial charge in [0.2, 0.25) is 5.95 Å². The lowest BCUT2D eigenvalue weighted by molar-refractivity contribution is 0.323. The number of fused-ring (bicyclic) bond motifs is 1. The molecule has 0 aliphatic heterocycles. The Morgan fingerprint density at radius 3 is 2.03 bits per heavy atom. The molecule has 0 aliphatic rings. The summed E-state index contributed by atoms with van der Waals surface area (Å²) in [6, 6.07) is 11.4. The van der Waals surface area contributed by atoms with E-state index in [9.17, 15) is 4.79 Å². The molecule has 8 heteroatoms. The van der Waals surface area contributed by atoms with E-state index >= 15 is 0 Å². The van der Waals surface area contributed by atoms with Crippen molar-refractivity contribution in [1.29, 1.82) is 0 Å². The first-order valence-electron chi connectivity index (χ1n) is 12.6. The molecule has 0 fully saturated rings. The molecule has 8 nitrogen and oxygen atoms in total. The Hall–Kier alpha value is -3.94. The van der Waals surface area contributed by atoms with Gasteiger partial charge < -0.3 is 14.8 Å². The molecule has 0 spiro atoms. The van der Waals surface area contributed by atoms with Gasteiger partial charge in [0.25, 0.3) is 5.56 Å². The van der Waals surface area contributed by atoms with E-state index in [0.29, 0.717) is 48.4 Å². The highest BCUT2D eigenvalue weighted by Gasteiger charge is 2.15. The minimum atomic E-state index is -0.129. The second kappa shape index (κ2) is 11.2. The second-order valence-corrected chi connectivity index (χ2v) is 8.31. The average molecular weight is 488 g/mol. The van der Waals surface area contributed by atoms with Crippen LogP contribution in [0.5, 0.6) is 11.5 Å². The van der Waals surface area contributed by atoms with Crippen LogP contribution in [0.25, 0.3) is 22.2 Å². The summed E-state index contributed by atoms with van der Waals surface area (Å²) in [6.07, 6.45) is 3.43. The predicted octanol–water partition coefficient (Wildman–Crippen LogP) is 5.54. The van der Waals surface area contributed by atoms with Crippen LogP contribution in [0.1, 0.15) is 46.0 Å². The molecule has 4 aromatic rings. The van der Waals surface area contributed by atoms with Crippen molar-refractivity contribution in [3.8, 4) is 22.6 Å². The molecular weight excluding hydrogens is 454 g/mol. The fourth-order valence-electron chi connectivity index (χ4n) is 4.16. The smallest absolute Gasteiger partial charge is 0.260 e. The molecule has 4 rings (SSSR count). The highest BCUT2D eigenvalue weighted by atomic mass is 16.5. The van der Waals surface area contributed by atoms with Crippen LogP contribution in [0.15, 0.2) is 47.4 Å². The number of benzene rings is 1. The molecule has 188 valence electrons. The van der Waals surface area contributed by atoms with Gasteiger partial charge in [-0.3, -0.25) is 14.3 Å². The van der Waals surface area contributed by atoms with Gasteiger partial charge >= 0.3 is 0 Å². The van der Waals surface area contributed by atoms with Crippen LogP contribution in [-0.4, -0.2) is 32.7 Å². The highest BCUT2D eigenvalue weighted by Crippen LogP contribution is 2.30. The van der Waals surface area contributed by atoms with E-state index in [1.807, 2.05) is 57.2 Å². The summed E-state index contributed by atoms with van der Waals surface area (Å²) in [6.45, 7) is 11.5. The number of pyridine rings is 2. The number of anilines is 2. The number of hydrogen-bond donors (Lipinski definition) is 1. The molecule has 3 aromatic heterocycles. The summed E-state index contributed by atoms with van der Waals surface area (Å²) in [7, 11) is 0. The van der Waals surface area contributed by atoms with Crippen LogP contribution in [-0.2, 0) is 19.4 Å². The Labute approximate surface area is 211 Å². The SMILES string of the molecule is CCOc1cc(OCC)cc(-c2cc3cnc(Nc4cc(CC)nc(CC)c4)nc3n(CC)c2=O)c1. The van der Waals surface area contributed by atoms with Crippen molar-refractivity contribution in [3.05, 3.63) is 64.3 Å². The lowest BCUT2D eigenvalue weighted by Crippen LogP contribution is -2.22.